The summed E-state index contributed by atoms with van der Waals surface area (Å²) < 4.78 is 41.0. The van der Waals surface area contributed by atoms with Crippen LogP contribution in [0.3, 0.4) is 0 Å². The summed E-state index contributed by atoms with van der Waals surface area (Å²) in [5.41, 5.74) is -3.57. The standard InChI is InChI=1S/C50H78O17.C6H12O6/c1-12-24(4)43(61)66-39-40(67-42(60)23(2)3)50(22-52)26(20-45(39,5)6)25-13-14-30-47(9)17-16-31(46(7,8)29(47)15-18-48(30,10)49(25,11)37(56)38(50)57)64-32-19-27(34(54)36(65-32)41(58)59)62-44-35(55)33(53)28(21-51)63-44;7-1-2-3(8)4(9)5(10)6(11)12-2/h12-13,23,26-40,44,51-57H,14-22H2,1-11H3,(H,58,59);2-11H,1H2/b24-12-;/t26?,27-,28-,29?,30?,31-,32+,33?,34-,35-,36?,37-,38+,39-,40-,44+,47-,48+,49-,50-;2?,3-,4+,5?,6+/m00/s1. The topological polar surface area (TPSA) is 379 Å². The van der Waals surface area contributed by atoms with Crippen molar-refractivity contribution in [3.05, 3.63) is 23.3 Å². The number of allylic oxidation sites excluding steroid dienone is 2. The largest absolute Gasteiger partial charge is 0.479 e. The summed E-state index contributed by atoms with van der Waals surface area (Å²) >= 11 is 0. The summed E-state index contributed by atoms with van der Waals surface area (Å²) in [4.78, 5) is 39.4. The number of fused-ring (bicyclic) bond motifs is 7. The third-order valence-electron chi connectivity index (χ3n) is 20.7. The van der Waals surface area contributed by atoms with E-state index in [0.29, 0.717) is 37.7 Å². The van der Waals surface area contributed by atoms with Crippen molar-refractivity contribution in [2.24, 2.45) is 56.2 Å². The summed E-state index contributed by atoms with van der Waals surface area (Å²) in [6.07, 6.45) is -16.8. The molecule has 23 heteroatoms. The summed E-state index contributed by atoms with van der Waals surface area (Å²) in [6, 6.07) is 0. The van der Waals surface area contributed by atoms with Crippen LogP contribution in [0.1, 0.15) is 121 Å². The average Bonchev–Trinajstić information content (AvgIpc) is 3.45. The fourth-order valence-corrected chi connectivity index (χ4v) is 15.8. The van der Waals surface area contributed by atoms with Crippen LogP contribution in [0.2, 0.25) is 0 Å². The van der Waals surface area contributed by atoms with Crippen molar-refractivity contribution < 1.29 is 114 Å². The molecule has 0 amide bonds. The fraction of sp³-hybridized carbons (Fsp3) is 0.875. The molecule has 0 aromatic carbocycles. The highest BCUT2D eigenvalue weighted by atomic mass is 16.7. The zero-order valence-corrected chi connectivity index (χ0v) is 47.3. The van der Waals surface area contributed by atoms with Gasteiger partial charge in [-0.15, -0.1) is 0 Å². The Labute approximate surface area is 461 Å². The summed E-state index contributed by atoms with van der Waals surface area (Å²) in [6.45, 7) is 19.7. The monoisotopic (exact) mass is 1130 g/mol. The molecule has 0 spiro atoms. The van der Waals surface area contributed by atoms with Gasteiger partial charge in [0.05, 0.1) is 55.6 Å². The molecule has 8 aliphatic rings. The number of carboxylic acid groups (broad SMARTS) is 1. The van der Waals surface area contributed by atoms with Gasteiger partial charge in [-0.25, -0.2) is 9.59 Å². The van der Waals surface area contributed by atoms with E-state index in [0.717, 1.165) is 12.0 Å². The SMILES string of the molecule is C/C=C(/C)C(=O)O[C@H]1[C@H](OC(=O)C(C)C)[C@@]2(CO)C(CC1(C)C)C1=CCC3[C@@]4(C)CC[C@H](O[C@H]5C[C@H](O[C@@H]6O[C@@H](CO)C(O)[C@@H]6O)[C@H](O)C(C(=O)O)O5)C(C)(C)C4CC[C@@]3(C)[C@]1(C)[C@@H](O)[C@H]2O.OCC1O[C@@H](O)C(O)[C@H](O)[C@H]1O. The van der Waals surface area contributed by atoms with Crippen LogP contribution in [-0.4, -0.2) is 215 Å². The Hall–Kier alpha value is -2.79. The van der Waals surface area contributed by atoms with Crippen molar-refractivity contribution in [1.29, 1.82) is 0 Å². The lowest BCUT2D eigenvalue weighted by molar-refractivity contribution is -0.314. The maximum atomic E-state index is 13.6. The number of hydrogen-bond acceptors (Lipinski definition) is 22. The predicted molar refractivity (Wildman–Crippen MR) is 274 cm³/mol. The third-order valence-corrected chi connectivity index (χ3v) is 20.7. The second kappa shape index (κ2) is 23.3. The summed E-state index contributed by atoms with van der Waals surface area (Å²) in [5.74, 6) is -3.68. The molecule has 4 saturated carbocycles. The Morgan fingerprint density at radius 3 is 1.92 bits per heavy atom. The molecule has 0 aromatic rings. The Morgan fingerprint density at radius 1 is 0.734 bits per heavy atom. The van der Waals surface area contributed by atoms with Crippen LogP contribution in [0.15, 0.2) is 23.3 Å². The molecule has 0 aromatic heterocycles. The molecule has 25 atom stereocenters. The third kappa shape index (κ3) is 10.6. The molecule has 452 valence electrons. The van der Waals surface area contributed by atoms with Gasteiger partial charge in [-0.3, -0.25) is 4.79 Å². The Kier molecular flexibility index (Phi) is 18.8. The second-order valence-electron chi connectivity index (χ2n) is 26.0. The van der Waals surface area contributed by atoms with E-state index in [-0.39, 0.29) is 23.7 Å². The van der Waals surface area contributed by atoms with E-state index >= 15 is 0 Å². The minimum Gasteiger partial charge on any atom is -0.479 e. The summed E-state index contributed by atoms with van der Waals surface area (Å²) in [5, 5.41) is 134. The van der Waals surface area contributed by atoms with Gasteiger partial charge in [0.1, 0.15) is 54.9 Å². The van der Waals surface area contributed by atoms with Gasteiger partial charge in [-0.05, 0) is 86.4 Å². The number of carbonyl (C=O) groups excluding carboxylic acids is 2. The first-order valence-corrected chi connectivity index (χ1v) is 27.9. The number of aliphatic hydroxyl groups excluding tert-OH is 12. The summed E-state index contributed by atoms with van der Waals surface area (Å²) in [7, 11) is 0. The normalized spacial score (nSPS) is 48.2. The van der Waals surface area contributed by atoms with Gasteiger partial charge in [0, 0.05) is 22.8 Å². The van der Waals surface area contributed by atoms with Crippen molar-refractivity contribution in [2.75, 3.05) is 19.8 Å². The maximum Gasteiger partial charge on any atom is 0.335 e. The number of aliphatic hydroxyl groups is 12. The average molecular weight is 1130 g/mol. The van der Waals surface area contributed by atoms with Crippen molar-refractivity contribution in [1.82, 2.24) is 0 Å². The molecular weight excluding hydrogens is 1040 g/mol. The minimum absolute atomic E-state index is 0.00561. The van der Waals surface area contributed by atoms with Gasteiger partial charge < -0.3 is 99.5 Å². The van der Waals surface area contributed by atoms with Crippen LogP contribution in [0.25, 0.3) is 0 Å². The minimum atomic E-state index is -1.73. The molecule has 7 fully saturated rings. The first-order valence-electron chi connectivity index (χ1n) is 27.9. The van der Waals surface area contributed by atoms with Crippen molar-refractivity contribution in [3.8, 4) is 0 Å². The molecule has 7 unspecified atom stereocenters. The van der Waals surface area contributed by atoms with Crippen molar-refractivity contribution in [3.63, 3.8) is 0 Å². The van der Waals surface area contributed by atoms with Crippen LogP contribution >= 0.6 is 0 Å². The van der Waals surface area contributed by atoms with Crippen molar-refractivity contribution in [2.45, 2.75) is 232 Å². The van der Waals surface area contributed by atoms with Crippen molar-refractivity contribution >= 4 is 17.9 Å². The van der Waals surface area contributed by atoms with Crippen LogP contribution in [0.5, 0.6) is 0 Å². The number of esters is 2. The quantitative estimate of drug-likeness (QED) is 0.0527. The van der Waals surface area contributed by atoms with E-state index in [1.165, 1.54) is 0 Å². The molecule has 0 radical (unpaired) electrons. The van der Waals surface area contributed by atoms with Gasteiger partial charge in [0.2, 0.25) is 0 Å². The second-order valence-corrected chi connectivity index (χ2v) is 26.0. The lowest BCUT2D eigenvalue weighted by Gasteiger charge is -2.73. The molecule has 3 saturated heterocycles. The Balaban J connectivity index is 0.000000665. The molecule has 5 aliphatic carbocycles. The van der Waals surface area contributed by atoms with E-state index in [9.17, 15) is 55.2 Å². The predicted octanol–water partition coefficient (Wildman–Crippen LogP) is -0.0639. The zero-order chi connectivity index (χ0) is 59.0. The smallest absolute Gasteiger partial charge is 0.335 e. The Bertz CT molecular complexity index is 2250. The van der Waals surface area contributed by atoms with Crippen LogP contribution in [0, 0.1) is 56.2 Å². The van der Waals surface area contributed by atoms with Crippen LogP contribution in [0.4, 0.5) is 0 Å². The number of carbonyl (C=O) groups is 3. The van der Waals surface area contributed by atoms with E-state index in [1.54, 1.807) is 33.8 Å². The Morgan fingerprint density at radius 2 is 1.35 bits per heavy atom. The van der Waals surface area contributed by atoms with Gasteiger partial charge in [-0.2, -0.15) is 0 Å². The molecule has 13 N–H and O–H groups in total. The zero-order valence-electron chi connectivity index (χ0n) is 47.3. The molecule has 79 heavy (non-hydrogen) atoms. The van der Waals surface area contributed by atoms with Gasteiger partial charge in [0.15, 0.2) is 31.1 Å². The van der Waals surface area contributed by atoms with E-state index < -0.39 is 187 Å². The van der Waals surface area contributed by atoms with E-state index in [4.69, 9.17) is 54.0 Å². The van der Waals surface area contributed by atoms with E-state index in [2.05, 4.69) is 38.5 Å². The first-order chi connectivity index (χ1) is 36.7. The molecule has 3 heterocycles. The highest BCUT2D eigenvalue weighted by Gasteiger charge is 2.76. The fourth-order valence-electron chi connectivity index (χ4n) is 15.8. The first kappa shape index (κ1) is 63.8. The maximum absolute atomic E-state index is 13.6. The highest BCUT2D eigenvalue weighted by Crippen LogP contribution is 2.76. The van der Waals surface area contributed by atoms with Gasteiger partial charge in [-0.1, -0.05) is 80.0 Å². The highest BCUT2D eigenvalue weighted by molar-refractivity contribution is 5.87. The molecule has 3 aliphatic heterocycles. The van der Waals surface area contributed by atoms with Crippen LogP contribution in [-0.2, 0) is 47.5 Å². The molecule has 23 nitrogen and oxygen atoms in total. The molecule has 0 bridgehead atoms. The number of aliphatic carboxylic acids is 1. The number of ether oxygens (including phenoxy) is 7. The number of rotatable bonds is 12. The lowest BCUT2D eigenvalue weighted by atomic mass is 9.32. The number of carboxylic acids is 1. The van der Waals surface area contributed by atoms with E-state index in [1.807, 2.05) is 20.8 Å². The molecule has 8 rings (SSSR count). The van der Waals surface area contributed by atoms with Crippen LogP contribution < -0.4 is 0 Å². The van der Waals surface area contributed by atoms with Gasteiger partial charge in [0.25, 0.3) is 0 Å². The number of hydrogen-bond donors (Lipinski definition) is 13. The molecular formula is C56H90O23. The lowest BCUT2D eigenvalue weighted by Crippen LogP contribution is -2.76. The van der Waals surface area contributed by atoms with Gasteiger partial charge >= 0.3 is 17.9 Å².